The van der Waals surface area contributed by atoms with Gasteiger partial charge in [0.05, 0.1) is 17.1 Å². The van der Waals surface area contributed by atoms with E-state index in [0.717, 1.165) is 0 Å². The van der Waals surface area contributed by atoms with Crippen molar-refractivity contribution >= 4 is 68.1 Å². The van der Waals surface area contributed by atoms with Crippen LogP contribution in [0.3, 0.4) is 0 Å². The topological polar surface area (TPSA) is 107 Å². The van der Waals surface area contributed by atoms with Crippen LogP contribution in [0, 0.1) is 6.92 Å². The molecule has 1 amide bonds. The minimum Gasteiger partial charge on any atom is -0.321 e. The lowest BCUT2D eigenvalue weighted by atomic mass is 10.0. The molecule has 2 aromatic carbocycles. The number of nitrogens with two attached hydrogens (primary N) is 1. The molecule has 0 fully saturated rings. The van der Waals surface area contributed by atoms with Gasteiger partial charge in [0.25, 0.3) is 5.91 Å². The Morgan fingerprint density at radius 3 is 2.48 bits per heavy atom. The minimum atomic E-state index is -3.93. The Hall–Kier alpha value is -2.36. The van der Waals surface area contributed by atoms with Crippen molar-refractivity contribution in [2.75, 3.05) is 5.32 Å². The Labute approximate surface area is 193 Å². The predicted octanol–water partition coefficient (Wildman–Crippen LogP) is 4.34. The standard InChI is InChI=1S/C20H15Cl3N4O3S/c1-10-12(19(23)27(26-10)9-15-16(21)3-2-4-17(15)22)8-14-13-7-11(31(24,29)30)5-6-18(13)25-20(14)28/h2-8H,9H2,1H3,(H,25,28)(H2,24,29,30)/b14-8-. The van der Waals surface area contributed by atoms with Gasteiger partial charge >= 0.3 is 0 Å². The highest BCUT2D eigenvalue weighted by molar-refractivity contribution is 7.89. The van der Waals surface area contributed by atoms with Crippen LogP contribution in [0.25, 0.3) is 11.6 Å². The molecule has 31 heavy (non-hydrogen) atoms. The molecule has 1 aromatic heterocycles. The average Bonchev–Trinajstić information content (AvgIpc) is 3.14. The Balaban J connectivity index is 1.78. The van der Waals surface area contributed by atoms with E-state index < -0.39 is 10.0 Å². The molecule has 3 N–H and O–H groups in total. The second-order valence-corrected chi connectivity index (χ2v) is 9.65. The third-order valence-corrected chi connectivity index (χ3v) is 6.89. The number of nitrogens with zero attached hydrogens (tertiary/aromatic N) is 2. The Kier molecular flexibility index (Phi) is 5.61. The number of carbonyl (C=O) groups excluding carboxylic acids is 1. The van der Waals surface area contributed by atoms with Crippen molar-refractivity contribution in [2.45, 2.75) is 18.4 Å². The first-order chi connectivity index (χ1) is 14.6. The lowest BCUT2D eigenvalue weighted by Gasteiger charge is -2.08. The molecule has 0 saturated carbocycles. The number of amides is 1. The van der Waals surface area contributed by atoms with Crippen LogP contribution in [-0.2, 0) is 21.4 Å². The van der Waals surface area contributed by atoms with Gasteiger partial charge in [0.1, 0.15) is 5.15 Å². The van der Waals surface area contributed by atoms with Crippen molar-refractivity contribution < 1.29 is 13.2 Å². The maximum atomic E-state index is 12.5. The SMILES string of the molecule is Cc1nn(Cc2c(Cl)cccc2Cl)c(Cl)c1/C=C1\C(=O)Nc2ccc(S(N)(=O)=O)cc21. The fourth-order valence-corrected chi connectivity index (χ4v) is 4.65. The molecule has 160 valence electrons. The van der Waals surface area contributed by atoms with Crippen LogP contribution in [0.15, 0.2) is 41.3 Å². The summed E-state index contributed by atoms with van der Waals surface area (Å²) in [7, 11) is -3.93. The van der Waals surface area contributed by atoms with Gasteiger partial charge in [-0.1, -0.05) is 40.9 Å². The van der Waals surface area contributed by atoms with E-state index in [9.17, 15) is 13.2 Å². The van der Waals surface area contributed by atoms with E-state index in [1.807, 2.05) is 0 Å². The number of benzene rings is 2. The fraction of sp³-hybridized carbons (Fsp3) is 0.100. The Bertz CT molecular complexity index is 1360. The van der Waals surface area contributed by atoms with Crippen molar-refractivity contribution in [3.63, 3.8) is 0 Å². The van der Waals surface area contributed by atoms with Gasteiger partial charge in [-0.3, -0.25) is 4.79 Å². The number of carbonyl (C=O) groups is 1. The normalized spacial score (nSPS) is 14.7. The van der Waals surface area contributed by atoms with E-state index in [1.54, 1.807) is 31.2 Å². The first-order valence-electron chi connectivity index (χ1n) is 8.92. The monoisotopic (exact) mass is 496 g/mol. The lowest BCUT2D eigenvalue weighted by molar-refractivity contribution is -0.110. The number of sulfonamides is 1. The van der Waals surface area contributed by atoms with Gasteiger partial charge in [0.15, 0.2) is 0 Å². The van der Waals surface area contributed by atoms with Crippen LogP contribution in [0.1, 0.15) is 22.4 Å². The molecule has 0 unspecified atom stereocenters. The molecule has 0 radical (unpaired) electrons. The molecule has 3 aromatic rings. The number of anilines is 1. The van der Waals surface area contributed by atoms with Crippen LogP contribution in [0.5, 0.6) is 0 Å². The van der Waals surface area contributed by atoms with Crippen molar-refractivity contribution in [3.05, 3.63) is 74.0 Å². The van der Waals surface area contributed by atoms with Gasteiger partial charge in [-0.15, -0.1) is 0 Å². The van der Waals surface area contributed by atoms with Gasteiger partial charge in [-0.25, -0.2) is 18.2 Å². The van der Waals surface area contributed by atoms with Crippen molar-refractivity contribution in [2.24, 2.45) is 5.14 Å². The van der Waals surface area contributed by atoms with Crippen LogP contribution in [0.4, 0.5) is 5.69 Å². The van der Waals surface area contributed by atoms with Gasteiger partial charge < -0.3 is 5.32 Å². The Morgan fingerprint density at radius 2 is 1.84 bits per heavy atom. The number of fused-ring (bicyclic) bond motifs is 1. The number of nitrogens with one attached hydrogen (secondary N) is 1. The molecule has 1 aliphatic heterocycles. The largest absolute Gasteiger partial charge is 0.321 e. The molecule has 4 rings (SSSR count). The summed E-state index contributed by atoms with van der Waals surface area (Å²) in [4.78, 5) is 12.4. The zero-order chi connectivity index (χ0) is 22.5. The molecule has 7 nitrogen and oxygen atoms in total. The molecule has 11 heteroatoms. The first-order valence-corrected chi connectivity index (χ1v) is 11.6. The number of primary sulfonamides is 1. The van der Waals surface area contributed by atoms with Gasteiger partial charge in [-0.2, -0.15) is 5.10 Å². The molecular formula is C20H15Cl3N4O3S. The Morgan fingerprint density at radius 1 is 1.16 bits per heavy atom. The lowest BCUT2D eigenvalue weighted by Crippen LogP contribution is -2.12. The summed E-state index contributed by atoms with van der Waals surface area (Å²) >= 11 is 19.1. The van der Waals surface area contributed by atoms with Gasteiger partial charge in [-0.05, 0) is 43.3 Å². The summed E-state index contributed by atoms with van der Waals surface area (Å²) in [5.74, 6) is -0.390. The van der Waals surface area contributed by atoms with Crippen molar-refractivity contribution in [1.29, 1.82) is 0 Å². The summed E-state index contributed by atoms with van der Waals surface area (Å²) in [6.07, 6.45) is 1.57. The number of hydrogen-bond donors (Lipinski definition) is 2. The van der Waals surface area contributed by atoms with Crippen LogP contribution in [0.2, 0.25) is 15.2 Å². The number of rotatable bonds is 4. The molecule has 1 aliphatic rings. The average molecular weight is 498 g/mol. The summed E-state index contributed by atoms with van der Waals surface area (Å²) in [6.45, 7) is 1.98. The maximum absolute atomic E-state index is 12.5. The van der Waals surface area contributed by atoms with E-state index in [1.165, 1.54) is 22.9 Å². The van der Waals surface area contributed by atoms with Crippen LogP contribution < -0.4 is 10.5 Å². The summed E-state index contributed by atoms with van der Waals surface area (Å²) in [6, 6.07) is 9.36. The van der Waals surface area contributed by atoms with Crippen LogP contribution in [-0.4, -0.2) is 24.1 Å². The second kappa shape index (κ2) is 7.96. The number of aromatic nitrogens is 2. The quantitative estimate of drug-likeness (QED) is 0.523. The highest BCUT2D eigenvalue weighted by Gasteiger charge is 2.27. The molecular weight excluding hydrogens is 483 g/mol. The molecule has 0 saturated heterocycles. The number of aryl methyl sites for hydroxylation is 1. The summed E-state index contributed by atoms with van der Waals surface area (Å²) < 4.78 is 25.0. The van der Waals surface area contributed by atoms with E-state index in [-0.39, 0.29) is 28.1 Å². The highest BCUT2D eigenvalue weighted by Crippen LogP contribution is 2.36. The van der Waals surface area contributed by atoms with E-state index in [0.29, 0.717) is 38.1 Å². The van der Waals surface area contributed by atoms with E-state index in [4.69, 9.17) is 39.9 Å². The highest BCUT2D eigenvalue weighted by atomic mass is 35.5. The van der Waals surface area contributed by atoms with Crippen LogP contribution >= 0.6 is 34.8 Å². The second-order valence-electron chi connectivity index (χ2n) is 6.91. The number of halogens is 3. The third kappa shape index (κ3) is 4.09. The van der Waals surface area contributed by atoms with E-state index in [2.05, 4.69) is 10.4 Å². The fourth-order valence-electron chi connectivity index (χ4n) is 3.30. The predicted molar refractivity (Wildman–Crippen MR) is 122 cm³/mol. The minimum absolute atomic E-state index is 0.0967. The van der Waals surface area contributed by atoms with Gasteiger partial charge in [0.2, 0.25) is 10.0 Å². The molecule has 0 atom stereocenters. The third-order valence-electron chi connectivity index (χ3n) is 4.87. The molecule has 2 heterocycles. The smallest absolute Gasteiger partial charge is 0.256 e. The molecule has 0 spiro atoms. The summed E-state index contributed by atoms with van der Waals surface area (Å²) in [5.41, 5.74) is 2.90. The zero-order valence-corrected chi connectivity index (χ0v) is 19.1. The zero-order valence-electron chi connectivity index (χ0n) is 16.0. The molecule has 0 aliphatic carbocycles. The van der Waals surface area contributed by atoms with Crippen molar-refractivity contribution in [1.82, 2.24) is 9.78 Å². The van der Waals surface area contributed by atoms with Crippen molar-refractivity contribution in [3.8, 4) is 0 Å². The molecule has 0 bridgehead atoms. The number of hydrogen-bond acceptors (Lipinski definition) is 4. The maximum Gasteiger partial charge on any atom is 0.256 e. The van der Waals surface area contributed by atoms with E-state index >= 15 is 0 Å². The summed E-state index contributed by atoms with van der Waals surface area (Å²) in [5, 5.41) is 13.6. The van der Waals surface area contributed by atoms with Gasteiger partial charge in [0, 0.05) is 38.0 Å². The first kappa shape index (κ1) is 21.9.